The molecule has 0 radical (unpaired) electrons. The van der Waals surface area contributed by atoms with Gasteiger partial charge in [-0.25, -0.2) is 9.97 Å². The highest BCUT2D eigenvalue weighted by molar-refractivity contribution is 5.70. The number of hydrogen-bond donors (Lipinski definition) is 1. The van der Waals surface area contributed by atoms with Crippen molar-refractivity contribution >= 4 is 5.95 Å². The molecule has 1 N–H and O–H groups in total. The molecular weight excluding hydrogens is 226 g/mol. The van der Waals surface area contributed by atoms with E-state index in [0.717, 1.165) is 22.6 Å². The predicted molar refractivity (Wildman–Crippen MR) is 72.9 cm³/mol. The maximum atomic E-state index is 5.64. The maximum Gasteiger partial charge on any atom is 0.222 e. The first-order chi connectivity index (χ1) is 8.76. The third kappa shape index (κ3) is 2.42. The number of nitrogens with one attached hydrogen (secondary N) is 1. The molecule has 0 spiro atoms. The van der Waals surface area contributed by atoms with Crippen molar-refractivity contribution in [3.8, 4) is 17.0 Å². The first kappa shape index (κ1) is 12.4. The van der Waals surface area contributed by atoms with E-state index in [2.05, 4.69) is 15.3 Å². The lowest BCUT2D eigenvalue weighted by atomic mass is 10.1. The van der Waals surface area contributed by atoms with Crippen LogP contribution in [0.25, 0.3) is 11.3 Å². The van der Waals surface area contributed by atoms with E-state index in [9.17, 15) is 0 Å². The van der Waals surface area contributed by atoms with Crippen molar-refractivity contribution in [1.82, 2.24) is 9.97 Å². The normalized spacial score (nSPS) is 10.2. The van der Waals surface area contributed by atoms with Crippen LogP contribution in [0.1, 0.15) is 12.5 Å². The summed E-state index contributed by atoms with van der Waals surface area (Å²) in [6.07, 6.45) is 1.82. The second kappa shape index (κ2) is 5.49. The quantitative estimate of drug-likeness (QED) is 0.897. The molecule has 1 aromatic heterocycles. The van der Waals surface area contributed by atoms with E-state index >= 15 is 0 Å². The minimum absolute atomic E-state index is 0.613. The highest BCUT2D eigenvalue weighted by Crippen LogP contribution is 2.30. The Bertz CT molecular complexity index is 540. The lowest BCUT2D eigenvalue weighted by Gasteiger charge is -2.12. The third-order valence-corrected chi connectivity index (χ3v) is 2.64. The fourth-order valence-corrected chi connectivity index (χ4v) is 1.78. The summed E-state index contributed by atoms with van der Waals surface area (Å²) in [6.45, 7) is 4.61. The number of hydrogen-bond acceptors (Lipinski definition) is 4. The van der Waals surface area contributed by atoms with Gasteiger partial charge in [-0.2, -0.15) is 0 Å². The minimum atomic E-state index is 0.613. The number of rotatable bonds is 4. The van der Waals surface area contributed by atoms with Crippen LogP contribution in [0, 0.1) is 6.92 Å². The Kier molecular flexibility index (Phi) is 3.77. The summed E-state index contributed by atoms with van der Waals surface area (Å²) in [6, 6.07) is 7.92. The molecule has 4 nitrogen and oxygen atoms in total. The molecule has 0 unspecified atom stereocenters. The smallest absolute Gasteiger partial charge is 0.222 e. The number of ether oxygens (including phenoxy) is 1. The van der Waals surface area contributed by atoms with Crippen LogP contribution in [-0.4, -0.2) is 23.6 Å². The van der Waals surface area contributed by atoms with Crippen LogP contribution in [0.2, 0.25) is 0 Å². The van der Waals surface area contributed by atoms with Crippen molar-refractivity contribution in [2.75, 3.05) is 19.0 Å². The summed E-state index contributed by atoms with van der Waals surface area (Å²) in [4.78, 5) is 8.70. The maximum absolute atomic E-state index is 5.64. The number of aromatic nitrogens is 2. The van der Waals surface area contributed by atoms with Crippen LogP contribution in [-0.2, 0) is 0 Å². The molecule has 0 aliphatic rings. The molecule has 0 aliphatic heterocycles. The van der Waals surface area contributed by atoms with Gasteiger partial charge in [-0.1, -0.05) is 12.1 Å². The molecule has 0 atom stereocenters. The molecule has 0 saturated carbocycles. The average molecular weight is 243 g/mol. The second-order valence-corrected chi connectivity index (χ2v) is 3.90. The van der Waals surface area contributed by atoms with Crippen molar-refractivity contribution in [2.24, 2.45) is 0 Å². The van der Waals surface area contributed by atoms with E-state index in [4.69, 9.17) is 4.74 Å². The largest absolute Gasteiger partial charge is 0.493 e. The number of aryl methyl sites for hydroxylation is 1. The Morgan fingerprint density at radius 1 is 1.28 bits per heavy atom. The van der Waals surface area contributed by atoms with Gasteiger partial charge in [0.1, 0.15) is 5.75 Å². The zero-order valence-electron chi connectivity index (χ0n) is 10.9. The topological polar surface area (TPSA) is 47.0 Å². The predicted octanol–water partition coefficient (Wildman–Crippen LogP) is 2.89. The SMILES string of the molecule is CCOc1ccccc1-c1nc(NC)ncc1C. The first-order valence-electron chi connectivity index (χ1n) is 5.99. The van der Waals surface area contributed by atoms with Gasteiger partial charge in [0, 0.05) is 18.8 Å². The van der Waals surface area contributed by atoms with Gasteiger partial charge in [0.2, 0.25) is 5.95 Å². The Labute approximate surface area is 107 Å². The van der Waals surface area contributed by atoms with Crippen molar-refractivity contribution in [1.29, 1.82) is 0 Å². The molecule has 2 rings (SSSR count). The molecule has 18 heavy (non-hydrogen) atoms. The van der Waals surface area contributed by atoms with Gasteiger partial charge in [-0.3, -0.25) is 0 Å². The van der Waals surface area contributed by atoms with Gasteiger partial charge in [0.15, 0.2) is 0 Å². The standard InChI is InChI=1S/C14H17N3O/c1-4-18-12-8-6-5-7-11(12)13-10(2)9-16-14(15-3)17-13/h5-9H,4H2,1-3H3,(H,15,16,17). The summed E-state index contributed by atoms with van der Waals surface area (Å²) in [5.74, 6) is 1.46. The molecule has 0 aliphatic carbocycles. The van der Waals surface area contributed by atoms with E-state index in [-0.39, 0.29) is 0 Å². The molecule has 0 fully saturated rings. The Hall–Kier alpha value is -2.10. The Morgan fingerprint density at radius 2 is 2.06 bits per heavy atom. The molecule has 94 valence electrons. The summed E-state index contributed by atoms with van der Waals surface area (Å²) in [7, 11) is 1.81. The van der Waals surface area contributed by atoms with Crippen molar-refractivity contribution in [3.05, 3.63) is 36.0 Å². The van der Waals surface area contributed by atoms with E-state index in [1.807, 2.05) is 51.4 Å². The second-order valence-electron chi connectivity index (χ2n) is 3.90. The monoisotopic (exact) mass is 243 g/mol. The van der Waals surface area contributed by atoms with Crippen LogP contribution < -0.4 is 10.1 Å². The Morgan fingerprint density at radius 3 is 2.78 bits per heavy atom. The van der Waals surface area contributed by atoms with Gasteiger partial charge >= 0.3 is 0 Å². The van der Waals surface area contributed by atoms with Crippen LogP contribution in [0.5, 0.6) is 5.75 Å². The number of anilines is 1. The number of nitrogens with zero attached hydrogens (tertiary/aromatic N) is 2. The van der Waals surface area contributed by atoms with E-state index in [0.29, 0.717) is 12.6 Å². The van der Waals surface area contributed by atoms with Gasteiger partial charge in [-0.15, -0.1) is 0 Å². The highest BCUT2D eigenvalue weighted by atomic mass is 16.5. The molecule has 0 bridgehead atoms. The number of benzene rings is 1. The number of para-hydroxylation sites is 1. The molecule has 0 amide bonds. The molecule has 1 heterocycles. The zero-order chi connectivity index (χ0) is 13.0. The fraction of sp³-hybridized carbons (Fsp3) is 0.286. The molecular formula is C14H17N3O. The van der Waals surface area contributed by atoms with E-state index < -0.39 is 0 Å². The van der Waals surface area contributed by atoms with Crippen LogP contribution in [0.15, 0.2) is 30.5 Å². The van der Waals surface area contributed by atoms with Crippen LogP contribution in [0.4, 0.5) is 5.95 Å². The highest BCUT2D eigenvalue weighted by Gasteiger charge is 2.10. The fourth-order valence-electron chi connectivity index (χ4n) is 1.78. The lowest BCUT2D eigenvalue weighted by molar-refractivity contribution is 0.341. The van der Waals surface area contributed by atoms with Gasteiger partial charge in [0.25, 0.3) is 0 Å². The molecule has 4 heteroatoms. The average Bonchev–Trinajstić information content (AvgIpc) is 2.41. The Balaban J connectivity index is 2.53. The molecule has 0 saturated heterocycles. The summed E-state index contributed by atoms with van der Waals surface area (Å²) in [5, 5.41) is 2.95. The van der Waals surface area contributed by atoms with Crippen molar-refractivity contribution in [3.63, 3.8) is 0 Å². The van der Waals surface area contributed by atoms with Crippen molar-refractivity contribution < 1.29 is 4.74 Å². The van der Waals surface area contributed by atoms with Gasteiger partial charge in [0.05, 0.1) is 12.3 Å². The summed E-state index contributed by atoms with van der Waals surface area (Å²) < 4.78 is 5.64. The van der Waals surface area contributed by atoms with Crippen LogP contribution in [0.3, 0.4) is 0 Å². The van der Waals surface area contributed by atoms with E-state index in [1.54, 1.807) is 0 Å². The zero-order valence-corrected chi connectivity index (χ0v) is 10.9. The molecule has 2 aromatic rings. The van der Waals surface area contributed by atoms with Gasteiger partial charge in [-0.05, 0) is 31.5 Å². The van der Waals surface area contributed by atoms with E-state index in [1.165, 1.54) is 0 Å². The lowest BCUT2D eigenvalue weighted by Crippen LogP contribution is -2.01. The summed E-state index contributed by atoms with van der Waals surface area (Å²) >= 11 is 0. The third-order valence-electron chi connectivity index (χ3n) is 2.64. The summed E-state index contributed by atoms with van der Waals surface area (Å²) in [5.41, 5.74) is 2.93. The minimum Gasteiger partial charge on any atom is -0.493 e. The first-order valence-corrected chi connectivity index (χ1v) is 5.99. The van der Waals surface area contributed by atoms with Gasteiger partial charge < -0.3 is 10.1 Å². The van der Waals surface area contributed by atoms with Crippen molar-refractivity contribution in [2.45, 2.75) is 13.8 Å². The molecule has 1 aromatic carbocycles. The van der Waals surface area contributed by atoms with Crippen LogP contribution >= 0.6 is 0 Å².